The number of nitrogens with one attached hydrogen (secondary N) is 3. The lowest BCUT2D eigenvalue weighted by molar-refractivity contribution is -0.124. The number of primary amides is 1. The molecule has 0 aliphatic rings. The lowest BCUT2D eigenvalue weighted by Crippen LogP contribution is -2.51. The second kappa shape index (κ2) is 5.88. The van der Waals surface area contributed by atoms with Crippen LogP contribution in [-0.2, 0) is 11.3 Å². The Morgan fingerprint density at radius 2 is 2.24 bits per heavy atom. The third kappa shape index (κ3) is 4.13. The van der Waals surface area contributed by atoms with Crippen molar-refractivity contribution in [2.24, 2.45) is 11.7 Å². The predicted octanol–water partition coefficient (Wildman–Crippen LogP) is -0.281. The van der Waals surface area contributed by atoms with E-state index < -0.39 is 12.1 Å². The Hall–Kier alpha value is -2.05. The first-order chi connectivity index (χ1) is 8.00. The van der Waals surface area contributed by atoms with Gasteiger partial charge in [-0.2, -0.15) is 5.10 Å². The molecule has 0 fully saturated rings. The zero-order valence-electron chi connectivity index (χ0n) is 9.86. The van der Waals surface area contributed by atoms with Gasteiger partial charge in [0.05, 0.1) is 12.2 Å². The largest absolute Gasteiger partial charge is 0.352 e. The van der Waals surface area contributed by atoms with Crippen LogP contribution in [0.15, 0.2) is 12.3 Å². The summed E-state index contributed by atoms with van der Waals surface area (Å²) in [5.41, 5.74) is 5.81. The molecule has 1 atom stereocenters. The molecule has 17 heavy (non-hydrogen) atoms. The fourth-order valence-electron chi connectivity index (χ4n) is 1.36. The number of H-pyrrole nitrogens is 1. The monoisotopic (exact) mass is 239 g/mol. The predicted molar refractivity (Wildman–Crippen MR) is 61.8 cm³/mol. The number of urea groups is 1. The number of amides is 3. The van der Waals surface area contributed by atoms with Gasteiger partial charge in [0.2, 0.25) is 5.91 Å². The van der Waals surface area contributed by atoms with Gasteiger partial charge in [-0.15, -0.1) is 0 Å². The number of nitrogens with two attached hydrogens (primary N) is 1. The summed E-state index contributed by atoms with van der Waals surface area (Å²) in [6, 6.07) is 0.419. The van der Waals surface area contributed by atoms with Gasteiger partial charge < -0.3 is 16.4 Å². The smallest absolute Gasteiger partial charge is 0.312 e. The average molecular weight is 239 g/mol. The highest BCUT2D eigenvalue weighted by atomic mass is 16.2. The summed E-state index contributed by atoms with van der Waals surface area (Å²) in [7, 11) is 0. The molecule has 0 radical (unpaired) electrons. The first kappa shape index (κ1) is 13.0. The van der Waals surface area contributed by atoms with Gasteiger partial charge in [0.15, 0.2) is 0 Å². The van der Waals surface area contributed by atoms with Crippen LogP contribution in [0.2, 0.25) is 0 Å². The van der Waals surface area contributed by atoms with Gasteiger partial charge >= 0.3 is 6.03 Å². The Morgan fingerprint density at radius 1 is 1.53 bits per heavy atom. The molecule has 1 unspecified atom stereocenters. The molecule has 1 rings (SSSR count). The molecular weight excluding hydrogens is 222 g/mol. The van der Waals surface area contributed by atoms with Crippen molar-refractivity contribution in [1.82, 2.24) is 20.8 Å². The first-order valence-corrected chi connectivity index (χ1v) is 5.32. The highest BCUT2D eigenvalue weighted by Gasteiger charge is 2.22. The van der Waals surface area contributed by atoms with E-state index >= 15 is 0 Å². The van der Waals surface area contributed by atoms with E-state index in [2.05, 4.69) is 20.8 Å². The van der Waals surface area contributed by atoms with Gasteiger partial charge in [0.1, 0.15) is 6.04 Å². The van der Waals surface area contributed by atoms with Crippen LogP contribution in [0.1, 0.15) is 19.5 Å². The van der Waals surface area contributed by atoms with E-state index in [0.717, 1.165) is 5.69 Å². The number of carbonyl (C=O) groups is 2. The summed E-state index contributed by atoms with van der Waals surface area (Å²) in [5.74, 6) is -0.308. The standard InChI is InChI=1S/C10H17N5O2/c1-6(2)8(14-10(11)17)9(16)12-5-7-3-4-13-15-7/h3-4,6,8H,5H2,1-2H3,(H,12,16)(H,13,15)(H3,11,14,17). The minimum atomic E-state index is -0.708. The minimum absolute atomic E-state index is 0.0377. The van der Waals surface area contributed by atoms with E-state index in [0.29, 0.717) is 6.54 Å². The molecule has 0 aliphatic heterocycles. The SMILES string of the molecule is CC(C)C(NC(N)=O)C(=O)NCc1ccn[nH]1. The number of aromatic nitrogens is 2. The topological polar surface area (TPSA) is 113 Å². The van der Waals surface area contributed by atoms with Gasteiger partial charge in [-0.25, -0.2) is 4.79 Å². The maximum Gasteiger partial charge on any atom is 0.312 e. The molecule has 0 spiro atoms. The Bertz CT molecular complexity index is 374. The van der Waals surface area contributed by atoms with Crippen LogP contribution in [0.25, 0.3) is 0 Å². The van der Waals surface area contributed by atoms with Crippen LogP contribution in [0, 0.1) is 5.92 Å². The molecule has 3 amide bonds. The third-order valence-corrected chi connectivity index (χ3v) is 2.26. The lowest BCUT2D eigenvalue weighted by atomic mass is 10.0. The van der Waals surface area contributed by atoms with Crippen LogP contribution >= 0.6 is 0 Å². The number of hydrogen-bond donors (Lipinski definition) is 4. The maximum atomic E-state index is 11.8. The summed E-state index contributed by atoms with van der Waals surface area (Å²) in [6.07, 6.45) is 1.60. The number of rotatable bonds is 5. The fraction of sp³-hybridized carbons (Fsp3) is 0.500. The van der Waals surface area contributed by atoms with Gasteiger partial charge in [0.25, 0.3) is 0 Å². The normalized spacial score (nSPS) is 12.2. The van der Waals surface area contributed by atoms with E-state index in [9.17, 15) is 9.59 Å². The third-order valence-electron chi connectivity index (χ3n) is 2.26. The second-order valence-corrected chi connectivity index (χ2v) is 4.03. The summed E-state index contributed by atoms with van der Waals surface area (Å²) >= 11 is 0. The molecule has 94 valence electrons. The molecule has 1 aromatic rings. The van der Waals surface area contributed by atoms with Crippen molar-refractivity contribution in [2.45, 2.75) is 26.4 Å². The Labute approximate surface area is 99.1 Å². The number of aromatic amines is 1. The fourth-order valence-corrected chi connectivity index (χ4v) is 1.36. The molecule has 5 N–H and O–H groups in total. The molecule has 7 heteroatoms. The number of carbonyl (C=O) groups excluding carboxylic acids is 2. The van der Waals surface area contributed by atoms with E-state index in [1.54, 1.807) is 12.3 Å². The van der Waals surface area contributed by atoms with Crippen LogP contribution in [0.3, 0.4) is 0 Å². The summed E-state index contributed by atoms with van der Waals surface area (Å²) in [6.45, 7) is 4.00. The van der Waals surface area contributed by atoms with Gasteiger partial charge in [-0.05, 0) is 12.0 Å². The molecular formula is C10H17N5O2. The molecule has 0 bridgehead atoms. The second-order valence-electron chi connectivity index (χ2n) is 4.03. The minimum Gasteiger partial charge on any atom is -0.352 e. The number of nitrogens with zero attached hydrogens (tertiary/aromatic N) is 1. The molecule has 1 aromatic heterocycles. The Kier molecular flexibility index (Phi) is 4.50. The van der Waals surface area contributed by atoms with E-state index in [1.807, 2.05) is 13.8 Å². The van der Waals surface area contributed by atoms with Crippen LogP contribution in [0.5, 0.6) is 0 Å². The van der Waals surface area contributed by atoms with Crippen LogP contribution < -0.4 is 16.4 Å². The summed E-state index contributed by atoms with van der Waals surface area (Å²) < 4.78 is 0. The van der Waals surface area contributed by atoms with E-state index in [4.69, 9.17) is 5.73 Å². The highest BCUT2D eigenvalue weighted by molar-refractivity contribution is 5.86. The van der Waals surface area contributed by atoms with Crippen LogP contribution in [0.4, 0.5) is 4.79 Å². The molecule has 7 nitrogen and oxygen atoms in total. The molecule has 0 aromatic carbocycles. The van der Waals surface area contributed by atoms with Crippen molar-refractivity contribution >= 4 is 11.9 Å². The average Bonchev–Trinajstić information content (AvgIpc) is 2.74. The summed E-state index contributed by atoms with van der Waals surface area (Å²) in [4.78, 5) is 22.6. The Balaban J connectivity index is 2.50. The van der Waals surface area contributed by atoms with Gasteiger partial charge in [-0.3, -0.25) is 9.89 Å². The molecule has 0 aliphatic carbocycles. The lowest BCUT2D eigenvalue weighted by Gasteiger charge is -2.20. The summed E-state index contributed by atoms with van der Waals surface area (Å²) in [5, 5.41) is 11.6. The zero-order chi connectivity index (χ0) is 12.8. The van der Waals surface area contributed by atoms with Crippen molar-refractivity contribution in [2.75, 3.05) is 0 Å². The van der Waals surface area contributed by atoms with Crippen molar-refractivity contribution in [3.8, 4) is 0 Å². The number of hydrogen-bond acceptors (Lipinski definition) is 3. The van der Waals surface area contributed by atoms with Crippen molar-refractivity contribution in [3.05, 3.63) is 18.0 Å². The quantitative estimate of drug-likeness (QED) is 0.566. The molecule has 1 heterocycles. The molecule has 0 saturated carbocycles. The Morgan fingerprint density at radius 3 is 2.71 bits per heavy atom. The van der Waals surface area contributed by atoms with Crippen molar-refractivity contribution < 1.29 is 9.59 Å². The maximum absolute atomic E-state index is 11.8. The van der Waals surface area contributed by atoms with E-state index in [-0.39, 0.29) is 11.8 Å². The van der Waals surface area contributed by atoms with Gasteiger partial charge in [0, 0.05) is 6.20 Å². The van der Waals surface area contributed by atoms with Crippen LogP contribution in [-0.4, -0.2) is 28.2 Å². The van der Waals surface area contributed by atoms with Crippen molar-refractivity contribution in [1.29, 1.82) is 0 Å². The van der Waals surface area contributed by atoms with E-state index in [1.165, 1.54) is 0 Å². The first-order valence-electron chi connectivity index (χ1n) is 5.32. The molecule has 0 saturated heterocycles. The van der Waals surface area contributed by atoms with Gasteiger partial charge in [-0.1, -0.05) is 13.8 Å². The zero-order valence-corrected chi connectivity index (χ0v) is 9.86. The van der Waals surface area contributed by atoms with Crippen molar-refractivity contribution in [3.63, 3.8) is 0 Å². The highest BCUT2D eigenvalue weighted by Crippen LogP contribution is 2.02.